The number of nitrogens with zero attached hydrogens (tertiary/aromatic N) is 1. The number of unbranched alkanes of at least 4 members (excludes halogenated alkanes) is 2. The number of nitrogens with one attached hydrogen (secondary N) is 1. The van der Waals surface area contributed by atoms with Gasteiger partial charge in [-0.3, -0.25) is 4.99 Å². The lowest BCUT2D eigenvalue weighted by Gasteiger charge is -2.04. The van der Waals surface area contributed by atoms with Crippen LogP contribution in [0.1, 0.15) is 39.5 Å². The number of rotatable bonds is 9. The molecule has 0 atom stereocenters. The Bertz CT molecular complexity index is 160. The molecular weight excluding hydrogens is 190 g/mol. The maximum absolute atomic E-state index is 5.67. The molecule has 0 fully saturated rings. The smallest absolute Gasteiger partial charge is 0.188 e. The van der Waals surface area contributed by atoms with Crippen LogP contribution in [-0.2, 0) is 4.74 Å². The summed E-state index contributed by atoms with van der Waals surface area (Å²) in [5.41, 5.74) is 5.67. The molecule has 0 bridgehead atoms. The van der Waals surface area contributed by atoms with E-state index in [0.717, 1.165) is 39.1 Å². The molecule has 3 N–H and O–H groups in total. The summed E-state index contributed by atoms with van der Waals surface area (Å²) in [6.07, 6.45) is 4.56. The number of guanidine groups is 1. The number of aliphatic imine (C=N–C) groups is 1. The summed E-state index contributed by atoms with van der Waals surface area (Å²) in [6.45, 7) is 7.39. The molecule has 0 heterocycles. The predicted molar refractivity (Wildman–Crippen MR) is 65.1 cm³/mol. The molecule has 0 aromatic heterocycles. The van der Waals surface area contributed by atoms with Crippen molar-refractivity contribution in [1.29, 1.82) is 0 Å². The van der Waals surface area contributed by atoms with Crippen molar-refractivity contribution in [3.05, 3.63) is 0 Å². The van der Waals surface area contributed by atoms with Crippen molar-refractivity contribution in [1.82, 2.24) is 5.32 Å². The number of ether oxygens (including phenoxy) is 1. The lowest BCUT2D eigenvalue weighted by atomic mass is 10.2. The van der Waals surface area contributed by atoms with Crippen LogP contribution in [-0.4, -0.2) is 32.3 Å². The Balaban J connectivity index is 3.27. The van der Waals surface area contributed by atoms with E-state index in [4.69, 9.17) is 10.5 Å². The topological polar surface area (TPSA) is 59.6 Å². The Morgan fingerprint density at radius 2 is 2.07 bits per heavy atom. The molecule has 4 nitrogen and oxygen atoms in total. The van der Waals surface area contributed by atoms with Gasteiger partial charge in [0.25, 0.3) is 0 Å². The van der Waals surface area contributed by atoms with Gasteiger partial charge in [-0.05, 0) is 19.8 Å². The quantitative estimate of drug-likeness (QED) is 0.348. The van der Waals surface area contributed by atoms with Crippen LogP contribution in [0.25, 0.3) is 0 Å². The minimum Gasteiger partial charge on any atom is -0.382 e. The first-order chi connectivity index (χ1) is 7.31. The van der Waals surface area contributed by atoms with Gasteiger partial charge in [0.15, 0.2) is 5.96 Å². The molecule has 0 aliphatic rings. The van der Waals surface area contributed by atoms with Crippen molar-refractivity contribution < 1.29 is 4.74 Å². The first kappa shape index (κ1) is 14.2. The summed E-state index contributed by atoms with van der Waals surface area (Å²) in [5, 5.41) is 3.10. The summed E-state index contributed by atoms with van der Waals surface area (Å²) in [6, 6.07) is 0. The third-order valence-corrected chi connectivity index (χ3v) is 2.02. The fraction of sp³-hybridized carbons (Fsp3) is 0.909. The average Bonchev–Trinajstić information content (AvgIpc) is 2.24. The fourth-order valence-electron chi connectivity index (χ4n) is 1.16. The Hall–Kier alpha value is -0.770. The van der Waals surface area contributed by atoms with Gasteiger partial charge in [-0.15, -0.1) is 0 Å². The van der Waals surface area contributed by atoms with Crippen molar-refractivity contribution in [3.8, 4) is 0 Å². The van der Waals surface area contributed by atoms with E-state index in [1.54, 1.807) is 0 Å². The number of hydrogen-bond acceptors (Lipinski definition) is 2. The van der Waals surface area contributed by atoms with Crippen LogP contribution in [0.15, 0.2) is 4.99 Å². The highest BCUT2D eigenvalue weighted by Crippen LogP contribution is 1.90. The van der Waals surface area contributed by atoms with Crippen molar-refractivity contribution >= 4 is 5.96 Å². The third kappa shape index (κ3) is 11.2. The van der Waals surface area contributed by atoms with Crippen LogP contribution in [0.3, 0.4) is 0 Å². The van der Waals surface area contributed by atoms with Gasteiger partial charge in [-0.2, -0.15) is 0 Å². The first-order valence-electron chi connectivity index (χ1n) is 5.92. The Labute approximate surface area is 93.3 Å². The Morgan fingerprint density at radius 1 is 1.27 bits per heavy atom. The second-order valence-electron chi connectivity index (χ2n) is 3.45. The minimum absolute atomic E-state index is 0.558. The molecule has 0 spiro atoms. The van der Waals surface area contributed by atoms with E-state index >= 15 is 0 Å². The highest BCUT2D eigenvalue weighted by molar-refractivity contribution is 5.77. The number of nitrogens with two attached hydrogens (primary N) is 1. The molecule has 15 heavy (non-hydrogen) atoms. The Morgan fingerprint density at radius 3 is 2.73 bits per heavy atom. The van der Waals surface area contributed by atoms with Crippen molar-refractivity contribution in [2.24, 2.45) is 10.7 Å². The molecule has 0 radical (unpaired) electrons. The largest absolute Gasteiger partial charge is 0.382 e. The van der Waals surface area contributed by atoms with E-state index in [9.17, 15) is 0 Å². The highest BCUT2D eigenvalue weighted by atomic mass is 16.5. The van der Waals surface area contributed by atoms with Crippen LogP contribution >= 0.6 is 0 Å². The summed E-state index contributed by atoms with van der Waals surface area (Å²) in [5.74, 6) is 0.558. The van der Waals surface area contributed by atoms with E-state index < -0.39 is 0 Å². The zero-order valence-electron chi connectivity index (χ0n) is 10.1. The average molecular weight is 215 g/mol. The molecule has 0 aromatic rings. The van der Waals surface area contributed by atoms with Gasteiger partial charge >= 0.3 is 0 Å². The van der Waals surface area contributed by atoms with Crippen molar-refractivity contribution in [2.75, 3.05) is 26.3 Å². The monoisotopic (exact) mass is 215 g/mol. The van der Waals surface area contributed by atoms with Gasteiger partial charge in [0.05, 0.1) is 0 Å². The molecular formula is C11H25N3O. The molecule has 4 heteroatoms. The van der Waals surface area contributed by atoms with E-state index in [0.29, 0.717) is 5.96 Å². The molecule has 0 saturated heterocycles. The lowest BCUT2D eigenvalue weighted by molar-refractivity contribution is 0.146. The van der Waals surface area contributed by atoms with Crippen LogP contribution < -0.4 is 11.1 Å². The first-order valence-corrected chi connectivity index (χ1v) is 5.92. The van der Waals surface area contributed by atoms with E-state index in [2.05, 4.69) is 17.2 Å². The second kappa shape index (κ2) is 11.3. The molecule has 0 saturated carbocycles. The molecule has 0 unspecified atom stereocenters. The van der Waals surface area contributed by atoms with E-state index in [-0.39, 0.29) is 0 Å². The predicted octanol–water partition coefficient (Wildman–Crippen LogP) is 1.51. The van der Waals surface area contributed by atoms with Gasteiger partial charge in [0.2, 0.25) is 0 Å². The van der Waals surface area contributed by atoms with Crippen LogP contribution in [0, 0.1) is 0 Å². The summed E-state index contributed by atoms with van der Waals surface area (Å²) in [7, 11) is 0. The van der Waals surface area contributed by atoms with Gasteiger partial charge in [0, 0.05) is 26.3 Å². The zero-order valence-corrected chi connectivity index (χ0v) is 10.1. The summed E-state index contributed by atoms with van der Waals surface area (Å²) < 4.78 is 5.20. The maximum Gasteiger partial charge on any atom is 0.188 e. The fourth-order valence-corrected chi connectivity index (χ4v) is 1.16. The molecule has 0 aromatic carbocycles. The number of hydrogen-bond donors (Lipinski definition) is 2. The summed E-state index contributed by atoms with van der Waals surface area (Å²) >= 11 is 0. The summed E-state index contributed by atoms with van der Waals surface area (Å²) in [4.78, 5) is 4.20. The van der Waals surface area contributed by atoms with Crippen molar-refractivity contribution in [2.45, 2.75) is 39.5 Å². The molecule has 0 rings (SSSR count). The Kier molecular flexibility index (Phi) is 10.7. The van der Waals surface area contributed by atoms with Gasteiger partial charge in [-0.1, -0.05) is 19.8 Å². The van der Waals surface area contributed by atoms with Crippen LogP contribution in [0.5, 0.6) is 0 Å². The molecule has 0 amide bonds. The third-order valence-electron chi connectivity index (χ3n) is 2.02. The van der Waals surface area contributed by atoms with Crippen molar-refractivity contribution in [3.63, 3.8) is 0 Å². The minimum atomic E-state index is 0.558. The molecule has 0 aliphatic heterocycles. The lowest BCUT2D eigenvalue weighted by Crippen LogP contribution is -2.32. The zero-order chi connectivity index (χ0) is 11.4. The molecule has 0 aliphatic carbocycles. The molecule has 90 valence electrons. The highest BCUT2D eigenvalue weighted by Gasteiger charge is 1.91. The van der Waals surface area contributed by atoms with E-state index in [1.807, 2.05) is 6.92 Å². The normalized spacial score (nSPS) is 11.7. The van der Waals surface area contributed by atoms with Gasteiger partial charge in [-0.25, -0.2) is 0 Å². The van der Waals surface area contributed by atoms with E-state index in [1.165, 1.54) is 12.8 Å². The van der Waals surface area contributed by atoms with Crippen LogP contribution in [0.2, 0.25) is 0 Å². The SMILES string of the molecule is CCCCCNC(N)=NCCCOCC. The van der Waals surface area contributed by atoms with Gasteiger partial charge < -0.3 is 15.8 Å². The van der Waals surface area contributed by atoms with Crippen LogP contribution in [0.4, 0.5) is 0 Å². The second-order valence-corrected chi connectivity index (χ2v) is 3.45. The standard InChI is InChI=1S/C11H25N3O/c1-3-5-6-8-13-11(12)14-9-7-10-15-4-2/h3-10H2,1-2H3,(H3,12,13,14). The van der Waals surface area contributed by atoms with Gasteiger partial charge in [0.1, 0.15) is 0 Å². The maximum atomic E-state index is 5.67.